The Bertz CT molecular complexity index is 1150. The summed E-state index contributed by atoms with van der Waals surface area (Å²) in [4.78, 5) is 10.9. The first-order valence-corrected chi connectivity index (χ1v) is 10.8. The molecule has 0 saturated carbocycles. The van der Waals surface area contributed by atoms with Gasteiger partial charge in [0.25, 0.3) is 0 Å². The van der Waals surface area contributed by atoms with Crippen LogP contribution in [0.25, 0.3) is 11.6 Å². The van der Waals surface area contributed by atoms with Crippen molar-refractivity contribution in [3.8, 4) is 0 Å². The topological polar surface area (TPSA) is 29.1 Å². The van der Waals surface area contributed by atoms with Crippen LogP contribution >= 0.6 is 0 Å². The average Bonchev–Trinajstić information content (AvgIpc) is 2.84. The molecule has 0 fully saturated rings. The number of hydrogen-bond acceptors (Lipinski definition) is 2. The Kier molecular flexibility index (Phi) is 6.32. The Hall–Kier alpha value is -3.91. The molecule has 4 aromatic rings. The van der Waals surface area contributed by atoms with E-state index >= 15 is 0 Å². The molecule has 0 bridgehead atoms. The second kappa shape index (κ2) is 9.49. The SMILES string of the molecule is CC(C)(Nc1ccc(C=O)cc1)c1ccc(C=C(c2ccccc2)c2ccccc2)cc1. The number of carbonyl (C=O) groups excluding carboxylic acids is 1. The van der Waals surface area contributed by atoms with Crippen LogP contribution in [0.5, 0.6) is 0 Å². The molecule has 0 unspecified atom stereocenters. The van der Waals surface area contributed by atoms with E-state index in [-0.39, 0.29) is 5.54 Å². The molecule has 158 valence electrons. The van der Waals surface area contributed by atoms with E-state index in [1.165, 1.54) is 22.3 Å². The lowest BCUT2D eigenvalue weighted by Gasteiger charge is -2.28. The lowest BCUT2D eigenvalue weighted by Crippen LogP contribution is -2.27. The highest BCUT2D eigenvalue weighted by molar-refractivity contribution is 5.91. The molecule has 0 atom stereocenters. The van der Waals surface area contributed by atoms with Crippen molar-refractivity contribution in [3.05, 3.63) is 137 Å². The second-order valence-corrected chi connectivity index (χ2v) is 8.40. The molecule has 0 heterocycles. The smallest absolute Gasteiger partial charge is 0.150 e. The van der Waals surface area contributed by atoms with Crippen molar-refractivity contribution >= 4 is 23.6 Å². The average molecular weight is 418 g/mol. The van der Waals surface area contributed by atoms with Crippen LogP contribution in [0.15, 0.2) is 109 Å². The van der Waals surface area contributed by atoms with Gasteiger partial charge in [0.15, 0.2) is 0 Å². The Morgan fingerprint density at radius 2 is 1.16 bits per heavy atom. The maximum absolute atomic E-state index is 10.9. The maximum Gasteiger partial charge on any atom is 0.150 e. The zero-order chi connectivity index (χ0) is 22.4. The number of benzene rings is 4. The van der Waals surface area contributed by atoms with E-state index in [0.717, 1.165) is 17.5 Å². The molecule has 0 aromatic heterocycles. The first-order valence-electron chi connectivity index (χ1n) is 10.8. The van der Waals surface area contributed by atoms with Crippen molar-refractivity contribution in [1.29, 1.82) is 0 Å². The van der Waals surface area contributed by atoms with Crippen LogP contribution in [0.4, 0.5) is 5.69 Å². The highest BCUT2D eigenvalue weighted by Crippen LogP contribution is 2.29. The number of nitrogens with one attached hydrogen (secondary N) is 1. The molecule has 0 aliphatic heterocycles. The van der Waals surface area contributed by atoms with Gasteiger partial charge >= 0.3 is 0 Å². The summed E-state index contributed by atoms with van der Waals surface area (Å²) in [6.45, 7) is 4.32. The van der Waals surface area contributed by atoms with Crippen LogP contribution in [0.2, 0.25) is 0 Å². The molecule has 0 aliphatic rings. The molecule has 2 heteroatoms. The van der Waals surface area contributed by atoms with E-state index in [0.29, 0.717) is 5.56 Å². The van der Waals surface area contributed by atoms with Gasteiger partial charge < -0.3 is 5.32 Å². The van der Waals surface area contributed by atoms with Gasteiger partial charge in [-0.1, -0.05) is 84.9 Å². The van der Waals surface area contributed by atoms with Crippen molar-refractivity contribution in [2.45, 2.75) is 19.4 Å². The molecular weight excluding hydrogens is 390 g/mol. The number of aldehydes is 1. The molecule has 0 radical (unpaired) electrons. The monoisotopic (exact) mass is 417 g/mol. The molecule has 0 aliphatic carbocycles. The lowest BCUT2D eigenvalue weighted by atomic mass is 9.91. The Morgan fingerprint density at radius 1 is 0.656 bits per heavy atom. The van der Waals surface area contributed by atoms with Gasteiger partial charge in [0.05, 0.1) is 5.54 Å². The molecule has 0 amide bonds. The predicted octanol–water partition coefficient (Wildman–Crippen LogP) is 7.44. The molecule has 0 saturated heterocycles. The van der Waals surface area contributed by atoms with Crippen LogP contribution < -0.4 is 5.32 Å². The normalized spacial score (nSPS) is 10.9. The number of anilines is 1. The molecular formula is C30H27NO. The summed E-state index contributed by atoms with van der Waals surface area (Å²) >= 11 is 0. The van der Waals surface area contributed by atoms with Gasteiger partial charge in [-0.05, 0) is 72.0 Å². The van der Waals surface area contributed by atoms with Gasteiger partial charge in [-0.25, -0.2) is 0 Å². The summed E-state index contributed by atoms with van der Waals surface area (Å²) in [5, 5.41) is 3.57. The molecule has 32 heavy (non-hydrogen) atoms. The maximum atomic E-state index is 10.9. The lowest BCUT2D eigenvalue weighted by molar-refractivity contribution is 0.112. The minimum absolute atomic E-state index is 0.257. The van der Waals surface area contributed by atoms with Crippen molar-refractivity contribution < 1.29 is 4.79 Å². The van der Waals surface area contributed by atoms with E-state index in [1.807, 2.05) is 36.4 Å². The highest BCUT2D eigenvalue weighted by atomic mass is 16.1. The number of hydrogen-bond donors (Lipinski definition) is 1. The van der Waals surface area contributed by atoms with E-state index in [9.17, 15) is 4.79 Å². The molecule has 2 nitrogen and oxygen atoms in total. The van der Waals surface area contributed by atoms with E-state index in [2.05, 4.69) is 98.0 Å². The minimum atomic E-state index is -0.257. The summed E-state index contributed by atoms with van der Waals surface area (Å²) in [7, 11) is 0. The standard InChI is InChI=1S/C30H27NO/c1-30(2,31-28-19-15-24(22-32)16-20-28)27-17-13-23(14-18-27)21-29(25-9-5-3-6-10-25)26-11-7-4-8-12-26/h3-22,31H,1-2H3. The van der Waals surface area contributed by atoms with Gasteiger partial charge in [0.2, 0.25) is 0 Å². The van der Waals surface area contributed by atoms with Crippen LogP contribution in [0.3, 0.4) is 0 Å². The van der Waals surface area contributed by atoms with Crippen LogP contribution in [-0.2, 0) is 5.54 Å². The second-order valence-electron chi connectivity index (χ2n) is 8.40. The first-order chi connectivity index (χ1) is 15.5. The summed E-state index contributed by atoms with van der Waals surface area (Å²) in [5.41, 5.74) is 7.35. The summed E-state index contributed by atoms with van der Waals surface area (Å²) in [5.74, 6) is 0. The Balaban J connectivity index is 1.61. The molecule has 4 aromatic carbocycles. The van der Waals surface area contributed by atoms with Gasteiger partial charge in [0.1, 0.15) is 6.29 Å². The van der Waals surface area contributed by atoms with Gasteiger partial charge in [0, 0.05) is 11.3 Å². The molecule has 0 spiro atoms. The first kappa shape index (κ1) is 21.3. The van der Waals surface area contributed by atoms with E-state index in [1.54, 1.807) is 0 Å². The van der Waals surface area contributed by atoms with Crippen molar-refractivity contribution in [3.63, 3.8) is 0 Å². The van der Waals surface area contributed by atoms with Crippen molar-refractivity contribution in [1.82, 2.24) is 0 Å². The number of rotatable bonds is 7. The molecule has 4 rings (SSSR count). The third-order valence-corrected chi connectivity index (χ3v) is 5.62. The fourth-order valence-corrected chi connectivity index (χ4v) is 3.81. The zero-order valence-electron chi connectivity index (χ0n) is 18.5. The van der Waals surface area contributed by atoms with Crippen LogP contribution in [0.1, 0.15) is 46.5 Å². The van der Waals surface area contributed by atoms with Gasteiger partial charge in [-0.2, -0.15) is 0 Å². The number of carbonyl (C=O) groups is 1. The summed E-state index contributed by atoms with van der Waals surface area (Å²) in [6, 6.07) is 37.2. The third kappa shape index (κ3) is 5.04. The van der Waals surface area contributed by atoms with Gasteiger partial charge in [-0.3, -0.25) is 4.79 Å². The largest absolute Gasteiger partial charge is 0.376 e. The minimum Gasteiger partial charge on any atom is -0.376 e. The van der Waals surface area contributed by atoms with E-state index < -0.39 is 0 Å². The third-order valence-electron chi connectivity index (χ3n) is 5.62. The fourth-order valence-electron chi connectivity index (χ4n) is 3.81. The van der Waals surface area contributed by atoms with Crippen molar-refractivity contribution in [2.75, 3.05) is 5.32 Å². The highest BCUT2D eigenvalue weighted by Gasteiger charge is 2.20. The van der Waals surface area contributed by atoms with E-state index in [4.69, 9.17) is 0 Å². The summed E-state index contributed by atoms with van der Waals surface area (Å²) in [6.07, 6.45) is 3.10. The van der Waals surface area contributed by atoms with Gasteiger partial charge in [-0.15, -0.1) is 0 Å². The summed E-state index contributed by atoms with van der Waals surface area (Å²) < 4.78 is 0. The Morgan fingerprint density at radius 3 is 1.66 bits per heavy atom. The zero-order valence-corrected chi connectivity index (χ0v) is 18.5. The van der Waals surface area contributed by atoms with Crippen molar-refractivity contribution in [2.24, 2.45) is 0 Å². The quantitative estimate of drug-likeness (QED) is 0.250. The predicted molar refractivity (Wildman–Crippen MR) is 135 cm³/mol. The van der Waals surface area contributed by atoms with Crippen LogP contribution in [-0.4, -0.2) is 6.29 Å². The Labute approximate surface area is 190 Å². The fraction of sp³-hybridized carbons (Fsp3) is 0.100. The van der Waals surface area contributed by atoms with Crippen LogP contribution in [0, 0.1) is 0 Å². The molecule has 1 N–H and O–H groups in total.